The van der Waals surface area contributed by atoms with Gasteiger partial charge in [-0.05, 0) is 74.1 Å². The predicted molar refractivity (Wildman–Crippen MR) is 121 cm³/mol. The Kier molecular flexibility index (Phi) is 5.31. The maximum atomic E-state index is 12.8. The van der Waals surface area contributed by atoms with Crippen molar-refractivity contribution in [2.75, 3.05) is 19.6 Å². The second kappa shape index (κ2) is 7.84. The first-order chi connectivity index (χ1) is 14.4. The highest BCUT2D eigenvalue weighted by Crippen LogP contribution is 2.55. The molecular formula is C26H32ClNO2. The number of nitrogens with zero attached hydrogens (tertiary/aromatic N) is 1. The van der Waals surface area contributed by atoms with Gasteiger partial charge in [-0.1, -0.05) is 47.9 Å². The Bertz CT molecular complexity index is 902. The first-order valence-electron chi connectivity index (χ1n) is 11.5. The summed E-state index contributed by atoms with van der Waals surface area (Å²) >= 11 is 6.02. The fraction of sp³-hybridized carbons (Fsp3) is 0.577. The van der Waals surface area contributed by atoms with E-state index in [1.54, 1.807) is 11.1 Å². The topological polar surface area (TPSA) is 29.5 Å². The summed E-state index contributed by atoms with van der Waals surface area (Å²) in [7, 11) is 0. The first kappa shape index (κ1) is 20.3. The van der Waals surface area contributed by atoms with Gasteiger partial charge in [0.2, 0.25) is 0 Å². The number of hydrogen-bond acceptors (Lipinski definition) is 3. The van der Waals surface area contributed by atoms with Crippen molar-refractivity contribution in [2.45, 2.75) is 58.5 Å². The number of esters is 1. The zero-order valence-corrected chi connectivity index (χ0v) is 18.9. The highest BCUT2D eigenvalue weighted by Gasteiger charge is 2.53. The first-order valence-corrected chi connectivity index (χ1v) is 11.9. The number of halogens is 1. The number of allylic oxidation sites excluding steroid dienone is 2. The highest BCUT2D eigenvalue weighted by molar-refractivity contribution is 6.30. The summed E-state index contributed by atoms with van der Waals surface area (Å²) in [6.45, 7) is 7.44. The van der Waals surface area contributed by atoms with Crippen molar-refractivity contribution in [1.29, 1.82) is 0 Å². The van der Waals surface area contributed by atoms with E-state index < -0.39 is 0 Å². The van der Waals surface area contributed by atoms with E-state index >= 15 is 0 Å². The van der Waals surface area contributed by atoms with Gasteiger partial charge in [-0.3, -0.25) is 9.69 Å². The minimum Gasteiger partial charge on any atom is -0.462 e. The third-order valence-electron chi connectivity index (χ3n) is 8.14. The van der Waals surface area contributed by atoms with Crippen LogP contribution in [0.5, 0.6) is 0 Å². The third-order valence-corrected chi connectivity index (χ3v) is 8.40. The summed E-state index contributed by atoms with van der Waals surface area (Å²) in [5.41, 5.74) is 6.10. The van der Waals surface area contributed by atoms with Crippen LogP contribution in [0.15, 0.2) is 41.5 Å². The molecule has 0 radical (unpaired) electrons. The number of carbonyl (C=O) groups excluding carboxylic acids is 1. The lowest BCUT2D eigenvalue weighted by molar-refractivity contribution is -0.145. The number of ether oxygens (including phenoxy) is 1. The molecule has 4 aliphatic rings. The fourth-order valence-electron chi connectivity index (χ4n) is 6.40. The van der Waals surface area contributed by atoms with Crippen LogP contribution in [0.3, 0.4) is 0 Å². The van der Waals surface area contributed by atoms with Gasteiger partial charge in [0, 0.05) is 30.6 Å². The van der Waals surface area contributed by atoms with Crippen molar-refractivity contribution in [3.63, 3.8) is 0 Å². The van der Waals surface area contributed by atoms with Crippen molar-refractivity contribution in [3.05, 3.63) is 52.1 Å². The van der Waals surface area contributed by atoms with E-state index in [0.717, 1.165) is 43.9 Å². The van der Waals surface area contributed by atoms with E-state index in [9.17, 15) is 4.79 Å². The Labute approximate surface area is 185 Å². The van der Waals surface area contributed by atoms with Crippen LogP contribution >= 0.6 is 11.6 Å². The molecule has 3 nitrogen and oxygen atoms in total. The standard InChI is InChI=1S/C26H32ClNO2/c1-17-4-3-11-26(2)15-24-21(14-23(17)26)22(25(29)30-24)16-28-12-9-19(10-13-28)18-5-7-20(27)8-6-18/h5-9,21-22,24H,3-4,10-16H2,1-2H3/t21-,22-,24+,26+/m0/s1. The number of benzene rings is 1. The van der Waals surface area contributed by atoms with Crippen molar-refractivity contribution < 1.29 is 9.53 Å². The molecule has 2 heterocycles. The maximum Gasteiger partial charge on any atom is 0.310 e. The van der Waals surface area contributed by atoms with Crippen LogP contribution in [0.4, 0.5) is 0 Å². The number of carbonyl (C=O) groups is 1. The van der Waals surface area contributed by atoms with E-state index in [0.29, 0.717) is 5.92 Å². The van der Waals surface area contributed by atoms with Crippen molar-refractivity contribution in [3.8, 4) is 0 Å². The third kappa shape index (κ3) is 3.65. The molecule has 4 atom stereocenters. The van der Waals surface area contributed by atoms with Gasteiger partial charge in [0.25, 0.3) is 0 Å². The zero-order valence-electron chi connectivity index (χ0n) is 18.1. The van der Waals surface area contributed by atoms with Crippen LogP contribution in [0, 0.1) is 17.3 Å². The molecule has 2 aliphatic heterocycles. The van der Waals surface area contributed by atoms with Gasteiger partial charge in [-0.25, -0.2) is 0 Å². The van der Waals surface area contributed by atoms with Gasteiger partial charge >= 0.3 is 5.97 Å². The van der Waals surface area contributed by atoms with Gasteiger partial charge in [0.15, 0.2) is 0 Å². The van der Waals surface area contributed by atoms with Crippen LogP contribution in [-0.2, 0) is 9.53 Å². The van der Waals surface area contributed by atoms with Crippen LogP contribution in [0.25, 0.3) is 5.57 Å². The lowest BCUT2D eigenvalue weighted by atomic mass is 9.59. The average Bonchev–Trinajstić information content (AvgIpc) is 3.01. The van der Waals surface area contributed by atoms with Crippen molar-refractivity contribution >= 4 is 23.1 Å². The molecule has 2 fully saturated rings. The van der Waals surface area contributed by atoms with Crippen LogP contribution in [0.2, 0.25) is 5.02 Å². The monoisotopic (exact) mass is 425 g/mol. The van der Waals surface area contributed by atoms with E-state index in [-0.39, 0.29) is 23.4 Å². The summed E-state index contributed by atoms with van der Waals surface area (Å²) < 4.78 is 5.95. The SMILES string of the molecule is CC1=C2C[C@H]3[C@H](CN4CC=C(c5ccc(Cl)cc5)CC4)C(=O)O[C@@H]3C[C@@]2(C)CCC1. The Hall–Kier alpha value is -1.58. The molecule has 4 heteroatoms. The molecule has 0 spiro atoms. The average molecular weight is 426 g/mol. The Morgan fingerprint density at radius 2 is 2.03 bits per heavy atom. The Balaban J connectivity index is 1.28. The largest absolute Gasteiger partial charge is 0.462 e. The number of fused-ring (bicyclic) bond motifs is 2. The summed E-state index contributed by atoms with van der Waals surface area (Å²) in [6, 6.07) is 8.11. The molecule has 30 heavy (non-hydrogen) atoms. The molecular weight excluding hydrogens is 394 g/mol. The van der Waals surface area contributed by atoms with Crippen LogP contribution in [-0.4, -0.2) is 36.6 Å². The van der Waals surface area contributed by atoms with Gasteiger partial charge in [0.1, 0.15) is 6.10 Å². The summed E-state index contributed by atoms with van der Waals surface area (Å²) in [6.07, 6.45) is 9.28. The van der Waals surface area contributed by atoms with Gasteiger partial charge in [0.05, 0.1) is 5.92 Å². The summed E-state index contributed by atoms with van der Waals surface area (Å²) in [5, 5.41) is 0.776. The van der Waals surface area contributed by atoms with E-state index in [1.807, 2.05) is 12.1 Å². The van der Waals surface area contributed by atoms with Gasteiger partial charge in [-0.2, -0.15) is 0 Å². The van der Waals surface area contributed by atoms with Crippen molar-refractivity contribution in [1.82, 2.24) is 4.90 Å². The minimum absolute atomic E-state index is 0.0206. The lowest BCUT2D eigenvalue weighted by Gasteiger charge is -2.46. The molecule has 1 saturated carbocycles. The number of hydrogen-bond donors (Lipinski definition) is 0. The van der Waals surface area contributed by atoms with Crippen LogP contribution in [0.1, 0.15) is 57.9 Å². The summed E-state index contributed by atoms with van der Waals surface area (Å²) in [4.78, 5) is 15.3. The molecule has 0 bridgehead atoms. The minimum atomic E-state index is 0.0206. The Morgan fingerprint density at radius 3 is 2.77 bits per heavy atom. The lowest BCUT2D eigenvalue weighted by Crippen LogP contribution is -2.42. The van der Waals surface area contributed by atoms with Gasteiger partial charge in [-0.15, -0.1) is 0 Å². The second-order valence-electron chi connectivity index (χ2n) is 10.1. The molecule has 0 unspecified atom stereocenters. The zero-order chi connectivity index (χ0) is 20.9. The quantitative estimate of drug-likeness (QED) is 0.446. The molecule has 0 aromatic heterocycles. The molecule has 0 N–H and O–H groups in total. The van der Waals surface area contributed by atoms with Crippen LogP contribution < -0.4 is 0 Å². The highest BCUT2D eigenvalue weighted by atomic mass is 35.5. The smallest absolute Gasteiger partial charge is 0.310 e. The van der Waals surface area contributed by atoms with E-state index in [2.05, 4.69) is 37.0 Å². The normalized spacial score (nSPS) is 34.3. The molecule has 1 aromatic carbocycles. The molecule has 1 saturated heterocycles. The number of rotatable bonds is 3. The molecule has 0 amide bonds. The molecule has 1 aromatic rings. The predicted octanol–water partition coefficient (Wildman–Crippen LogP) is 5.89. The van der Waals surface area contributed by atoms with Gasteiger partial charge < -0.3 is 4.74 Å². The fourth-order valence-corrected chi connectivity index (χ4v) is 6.53. The second-order valence-corrected chi connectivity index (χ2v) is 10.5. The maximum absolute atomic E-state index is 12.8. The molecule has 5 rings (SSSR count). The summed E-state index contributed by atoms with van der Waals surface area (Å²) in [5.74, 6) is 0.417. The Morgan fingerprint density at radius 1 is 1.23 bits per heavy atom. The van der Waals surface area contributed by atoms with E-state index in [4.69, 9.17) is 16.3 Å². The molecule has 2 aliphatic carbocycles. The van der Waals surface area contributed by atoms with E-state index in [1.165, 1.54) is 30.4 Å². The van der Waals surface area contributed by atoms with Crippen molar-refractivity contribution in [2.24, 2.45) is 17.3 Å². The molecule has 160 valence electrons.